The third-order valence-electron chi connectivity index (χ3n) is 3.59. The fourth-order valence-electron chi connectivity index (χ4n) is 2.31. The summed E-state index contributed by atoms with van der Waals surface area (Å²) >= 11 is 0. The van der Waals surface area contributed by atoms with E-state index in [0.29, 0.717) is 19.1 Å². The first-order valence-electron chi connectivity index (χ1n) is 8.24. The second-order valence-corrected chi connectivity index (χ2v) is 6.00. The average molecular weight is 327 g/mol. The number of carbonyl (C=O) groups excluding carboxylic acids is 1. The van der Waals surface area contributed by atoms with Crippen molar-refractivity contribution in [3.8, 4) is 11.5 Å². The summed E-state index contributed by atoms with van der Waals surface area (Å²) in [7, 11) is 0. The predicted octanol–water partition coefficient (Wildman–Crippen LogP) is 3.69. The number of aryl methyl sites for hydroxylation is 1. The van der Waals surface area contributed by atoms with Gasteiger partial charge in [-0.2, -0.15) is 0 Å². The van der Waals surface area contributed by atoms with Gasteiger partial charge >= 0.3 is 0 Å². The van der Waals surface area contributed by atoms with E-state index in [1.807, 2.05) is 43.3 Å². The van der Waals surface area contributed by atoms with Gasteiger partial charge in [0.25, 0.3) is 5.91 Å². The van der Waals surface area contributed by atoms with Crippen LogP contribution in [0.2, 0.25) is 0 Å². The van der Waals surface area contributed by atoms with E-state index in [0.717, 1.165) is 22.6 Å². The van der Waals surface area contributed by atoms with Gasteiger partial charge in [0.05, 0.1) is 6.54 Å². The van der Waals surface area contributed by atoms with Crippen LogP contribution in [-0.2, 0) is 4.79 Å². The van der Waals surface area contributed by atoms with E-state index < -0.39 is 0 Å². The lowest BCUT2D eigenvalue weighted by Crippen LogP contribution is -2.32. The van der Waals surface area contributed by atoms with Gasteiger partial charge in [-0.15, -0.1) is 0 Å². The first kappa shape index (κ1) is 17.9. The van der Waals surface area contributed by atoms with Gasteiger partial charge in [0, 0.05) is 0 Å². The first-order valence-corrected chi connectivity index (χ1v) is 8.24. The molecule has 4 nitrogen and oxygen atoms in total. The van der Waals surface area contributed by atoms with Gasteiger partial charge in [-0.3, -0.25) is 4.79 Å². The molecule has 2 aromatic rings. The summed E-state index contributed by atoms with van der Waals surface area (Å²) in [6, 6.07) is 15.6. The Morgan fingerprint density at radius 1 is 1.08 bits per heavy atom. The molecule has 4 heteroatoms. The Morgan fingerprint density at radius 3 is 2.54 bits per heavy atom. The molecular formula is C20H25NO3. The molecule has 0 aromatic heterocycles. The van der Waals surface area contributed by atoms with E-state index in [-0.39, 0.29) is 12.5 Å². The maximum atomic E-state index is 11.9. The van der Waals surface area contributed by atoms with Crippen LogP contribution in [-0.4, -0.2) is 25.7 Å². The van der Waals surface area contributed by atoms with E-state index in [4.69, 9.17) is 9.47 Å². The second kappa shape index (κ2) is 8.96. The van der Waals surface area contributed by atoms with Crippen LogP contribution >= 0.6 is 0 Å². The van der Waals surface area contributed by atoms with Gasteiger partial charge < -0.3 is 14.8 Å². The van der Waals surface area contributed by atoms with E-state index in [1.165, 1.54) is 0 Å². The molecule has 0 unspecified atom stereocenters. The molecule has 2 rings (SSSR count). The van der Waals surface area contributed by atoms with Crippen LogP contribution in [0.3, 0.4) is 0 Å². The Kier molecular flexibility index (Phi) is 6.67. The number of carbonyl (C=O) groups is 1. The molecule has 0 atom stereocenters. The molecule has 0 heterocycles. The highest BCUT2D eigenvalue weighted by molar-refractivity contribution is 5.77. The lowest BCUT2D eigenvalue weighted by molar-refractivity contribution is -0.123. The highest BCUT2D eigenvalue weighted by Gasteiger charge is 2.10. The molecule has 1 amide bonds. The lowest BCUT2D eigenvalue weighted by Gasteiger charge is -2.15. The largest absolute Gasteiger partial charge is 0.492 e. The van der Waals surface area contributed by atoms with Crippen molar-refractivity contribution in [3.05, 3.63) is 59.7 Å². The number of benzene rings is 2. The van der Waals surface area contributed by atoms with Crippen molar-refractivity contribution < 1.29 is 14.3 Å². The highest BCUT2D eigenvalue weighted by atomic mass is 16.5. The van der Waals surface area contributed by atoms with Crippen LogP contribution in [0.5, 0.6) is 11.5 Å². The Balaban J connectivity index is 1.74. The molecule has 24 heavy (non-hydrogen) atoms. The van der Waals surface area contributed by atoms with Crippen molar-refractivity contribution in [3.63, 3.8) is 0 Å². The zero-order chi connectivity index (χ0) is 17.4. The molecule has 2 aromatic carbocycles. The van der Waals surface area contributed by atoms with Crippen molar-refractivity contribution in [2.75, 3.05) is 19.8 Å². The van der Waals surface area contributed by atoms with E-state index in [9.17, 15) is 4.79 Å². The molecule has 0 spiro atoms. The van der Waals surface area contributed by atoms with Crippen molar-refractivity contribution in [1.82, 2.24) is 5.32 Å². The summed E-state index contributed by atoms with van der Waals surface area (Å²) < 4.78 is 11.2. The van der Waals surface area contributed by atoms with Crippen LogP contribution in [0.15, 0.2) is 48.5 Å². The number of hydrogen-bond acceptors (Lipinski definition) is 3. The van der Waals surface area contributed by atoms with Gasteiger partial charge in [0.15, 0.2) is 6.61 Å². The minimum absolute atomic E-state index is 0.00844. The summed E-state index contributed by atoms with van der Waals surface area (Å²) in [6.07, 6.45) is 0. The molecular weight excluding hydrogens is 302 g/mol. The molecule has 0 aliphatic rings. The molecule has 0 bridgehead atoms. The second-order valence-electron chi connectivity index (χ2n) is 6.00. The number of amides is 1. The van der Waals surface area contributed by atoms with E-state index >= 15 is 0 Å². The summed E-state index contributed by atoms with van der Waals surface area (Å²) in [5, 5.41) is 2.80. The van der Waals surface area contributed by atoms with Crippen molar-refractivity contribution in [2.45, 2.75) is 26.7 Å². The quantitative estimate of drug-likeness (QED) is 0.752. The minimum atomic E-state index is -0.150. The van der Waals surface area contributed by atoms with Gasteiger partial charge in [0.2, 0.25) is 0 Å². The molecule has 1 N–H and O–H groups in total. The Hall–Kier alpha value is -2.49. The zero-order valence-corrected chi connectivity index (χ0v) is 14.5. The van der Waals surface area contributed by atoms with Gasteiger partial charge in [-0.1, -0.05) is 44.2 Å². The summed E-state index contributed by atoms with van der Waals surface area (Å²) in [4.78, 5) is 11.9. The van der Waals surface area contributed by atoms with Crippen LogP contribution in [0, 0.1) is 6.92 Å². The van der Waals surface area contributed by atoms with Crippen LogP contribution in [0.1, 0.15) is 30.9 Å². The fraction of sp³-hybridized carbons (Fsp3) is 0.350. The van der Waals surface area contributed by atoms with E-state index in [1.54, 1.807) is 0 Å². The smallest absolute Gasteiger partial charge is 0.258 e. The standard InChI is InChI=1S/C20H25NO3/c1-15(2)18-10-9-16(3)13-19(18)24-14-20(22)21-11-12-23-17-7-5-4-6-8-17/h4-10,13,15H,11-12,14H2,1-3H3,(H,21,22). The molecule has 0 aliphatic carbocycles. The third-order valence-corrected chi connectivity index (χ3v) is 3.59. The van der Waals surface area contributed by atoms with Crippen LogP contribution in [0.25, 0.3) is 0 Å². The van der Waals surface area contributed by atoms with Crippen molar-refractivity contribution in [2.24, 2.45) is 0 Å². The van der Waals surface area contributed by atoms with Crippen molar-refractivity contribution >= 4 is 5.91 Å². The van der Waals surface area contributed by atoms with Gasteiger partial charge in [-0.25, -0.2) is 0 Å². The Bertz CT molecular complexity index is 653. The SMILES string of the molecule is Cc1ccc(C(C)C)c(OCC(=O)NCCOc2ccccc2)c1. The highest BCUT2D eigenvalue weighted by Crippen LogP contribution is 2.27. The van der Waals surface area contributed by atoms with Gasteiger partial charge in [-0.05, 0) is 42.2 Å². The van der Waals surface area contributed by atoms with E-state index in [2.05, 4.69) is 31.3 Å². The molecule has 0 saturated heterocycles. The lowest BCUT2D eigenvalue weighted by atomic mass is 10.0. The topological polar surface area (TPSA) is 47.6 Å². The first-order chi connectivity index (χ1) is 11.6. The molecule has 0 radical (unpaired) electrons. The monoisotopic (exact) mass is 327 g/mol. The molecule has 0 fully saturated rings. The number of nitrogens with one attached hydrogen (secondary N) is 1. The number of hydrogen-bond donors (Lipinski definition) is 1. The summed E-state index contributed by atoms with van der Waals surface area (Å²) in [5.74, 6) is 1.77. The van der Waals surface area contributed by atoms with Crippen LogP contribution < -0.4 is 14.8 Å². The maximum absolute atomic E-state index is 11.9. The number of para-hydroxylation sites is 1. The molecule has 0 saturated carbocycles. The third kappa shape index (κ3) is 5.61. The molecule has 0 aliphatic heterocycles. The fourth-order valence-corrected chi connectivity index (χ4v) is 2.31. The Labute approximate surface area is 143 Å². The maximum Gasteiger partial charge on any atom is 0.258 e. The average Bonchev–Trinajstić information content (AvgIpc) is 2.57. The Morgan fingerprint density at radius 2 is 1.83 bits per heavy atom. The van der Waals surface area contributed by atoms with Crippen LogP contribution in [0.4, 0.5) is 0 Å². The minimum Gasteiger partial charge on any atom is -0.492 e. The summed E-state index contributed by atoms with van der Waals surface area (Å²) in [5.41, 5.74) is 2.23. The number of rotatable bonds is 8. The van der Waals surface area contributed by atoms with Gasteiger partial charge in [0.1, 0.15) is 18.1 Å². The zero-order valence-electron chi connectivity index (χ0n) is 14.5. The number of ether oxygens (including phenoxy) is 2. The normalized spacial score (nSPS) is 10.5. The molecule has 128 valence electrons. The summed E-state index contributed by atoms with van der Waals surface area (Å²) in [6.45, 7) is 7.11. The predicted molar refractivity (Wildman–Crippen MR) is 95.7 cm³/mol. The van der Waals surface area contributed by atoms with Crippen molar-refractivity contribution in [1.29, 1.82) is 0 Å².